The van der Waals surface area contributed by atoms with Crippen LogP contribution in [0.4, 0.5) is 0 Å². The van der Waals surface area contributed by atoms with E-state index in [-0.39, 0.29) is 12.5 Å². The van der Waals surface area contributed by atoms with Gasteiger partial charge in [-0.25, -0.2) is 0 Å². The minimum absolute atomic E-state index is 0.0407. The van der Waals surface area contributed by atoms with Crippen LogP contribution in [0.15, 0.2) is 24.3 Å². The molecule has 0 saturated heterocycles. The summed E-state index contributed by atoms with van der Waals surface area (Å²) in [6.45, 7) is 3.17. The summed E-state index contributed by atoms with van der Waals surface area (Å²) in [6.07, 6.45) is 3.08. The van der Waals surface area contributed by atoms with Gasteiger partial charge in [-0.15, -0.1) is 0 Å². The smallest absolute Gasteiger partial charge is 0.223 e. The quantitative estimate of drug-likeness (QED) is 0.698. The highest BCUT2D eigenvalue weighted by molar-refractivity contribution is 6.32. The summed E-state index contributed by atoms with van der Waals surface area (Å²) >= 11 is 5.96. The third kappa shape index (κ3) is 7.34. The lowest BCUT2D eigenvalue weighted by Gasteiger charge is -2.15. The Kier molecular flexibility index (Phi) is 8.87. The van der Waals surface area contributed by atoms with E-state index in [2.05, 4.69) is 12.2 Å². The third-order valence-electron chi connectivity index (χ3n) is 3.25. The van der Waals surface area contributed by atoms with E-state index in [1.807, 2.05) is 12.1 Å². The third-order valence-corrected chi connectivity index (χ3v) is 3.56. The zero-order valence-corrected chi connectivity index (χ0v) is 13.2. The first kappa shape index (κ1) is 17.8. The SMILES string of the molecule is CCCC(CCO)CNC(=O)CCOc1ccccc1Cl. The van der Waals surface area contributed by atoms with Crippen LogP contribution in [0.2, 0.25) is 5.02 Å². The van der Waals surface area contributed by atoms with Crippen molar-refractivity contribution in [3.8, 4) is 5.75 Å². The van der Waals surface area contributed by atoms with Crippen LogP contribution >= 0.6 is 11.6 Å². The van der Waals surface area contributed by atoms with E-state index in [1.165, 1.54) is 0 Å². The highest BCUT2D eigenvalue weighted by Gasteiger charge is 2.09. The maximum Gasteiger partial charge on any atom is 0.223 e. The van der Waals surface area contributed by atoms with Crippen molar-refractivity contribution in [2.75, 3.05) is 19.8 Å². The molecular formula is C16H24ClNO3. The summed E-state index contributed by atoms with van der Waals surface area (Å²) in [5, 5.41) is 12.4. The van der Waals surface area contributed by atoms with Gasteiger partial charge in [-0.05, 0) is 30.9 Å². The molecule has 1 unspecified atom stereocenters. The molecule has 0 fully saturated rings. The van der Waals surface area contributed by atoms with Gasteiger partial charge >= 0.3 is 0 Å². The minimum atomic E-state index is -0.0407. The fourth-order valence-corrected chi connectivity index (χ4v) is 2.29. The molecule has 1 amide bonds. The van der Waals surface area contributed by atoms with Crippen molar-refractivity contribution in [1.29, 1.82) is 0 Å². The number of halogens is 1. The number of hydrogen-bond donors (Lipinski definition) is 2. The monoisotopic (exact) mass is 313 g/mol. The Balaban J connectivity index is 2.23. The van der Waals surface area contributed by atoms with Gasteiger partial charge in [0.2, 0.25) is 5.91 Å². The fraction of sp³-hybridized carbons (Fsp3) is 0.562. The van der Waals surface area contributed by atoms with Crippen LogP contribution in [-0.2, 0) is 4.79 Å². The van der Waals surface area contributed by atoms with Crippen LogP contribution in [0.5, 0.6) is 5.75 Å². The van der Waals surface area contributed by atoms with Gasteiger partial charge in [0.15, 0.2) is 0 Å². The average Bonchev–Trinajstić information content (AvgIpc) is 2.47. The molecule has 2 N–H and O–H groups in total. The van der Waals surface area contributed by atoms with E-state index in [1.54, 1.807) is 12.1 Å². The lowest BCUT2D eigenvalue weighted by molar-refractivity contribution is -0.121. The Morgan fingerprint density at radius 1 is 1.38 bits per heavy atom. The molecular weight excluding hydrogens is 290 g/mol. The summed E-state index contributed by atoms with van der Waals surface area (Å²) < 4.78 is 5.48. The highest BCUT2D eigenvalue weighted by atomic mass is 35.5. The predicted molar refractivity (Wildman–Crippen MR) is 84.7 cm³/mol. The van der Waals surface area contributed by atoms with Crippen molar-refractivity contribution < 1.29 is 14.6 Å². The molecule has 0 bridgehead atoms. The first-order chi connectivity index (χ1) is 10.2. The zero-order valence-electron chi connectivity index (χ0n) is 12.5. The molecule has 1 rings (SSSR count). The van der Waals surface area contributed by atoms with Crippen LogP contribution in [0.25, 0.3) is 0 Å². The number of carbonyl (C=O) groups is 1. The molecule has 1 aromatic rings. The fourth-order valence-electron chi connectivity index (χ4n) is 2.10. The number of benzene rings is 1. The molecule has 0 radical (unpaired) electrons. The number of aliphatic hydroxyl groups is 1. The summed E-state index contributed by atoms with van der Waals surface area (Å²) in [5.74, 6) is 0.894. The second-order valence-electron chi connectivity index (χ2n) is 5.00. The van der Waals surface area contributed by atoms with Crippen LogP contribution in [0, 0.1) is 5.92 Å². The van der Waals surface area contributed by atoms with Crippen LogP contribution in [-0.4, -0.2) is 30.8 Å². The van der Waals surface area contributed by atoms with Gasteiger partial charge in [0.25, 0.3) is 0 Å². The van der Waals surface area contributed by atoms with Gasteiger partial charge in [0.1, 0.15) is 5.75 Å². The predicted octanol–water partition coefficient (Wildman–Crippen LogP) is 3.02. The zero-order chi connectivity index (χ0) is 15.5. The van der Waals surface area contributed by atoms with Crippen molar-refractivity contribution in [2.45, 2.75) is 32.6 Å². The van der Waals surface area contributed by atoms with Gasteiger partial charge < -0.3 is 15.2 Å². The molecule has 5 heteroatoms. The second kappa shape index (κ2) is 10.5. The number of ether oxygens (including phenoxy) is 1. The normalized spacial score (nSPS) is 12.0. The molecule has 118 valence electrons. The van der Waals surface area contributed by atoms with Crippen molar-refractivity contribution in [2.24, 2.45) is 5.92 Å². The minimum Gasteiger partial charge on any atom is -0.491 e. The van der Waals surface area contributed by atoms with E-state index in [9.17, 15) is 4.79 Å². The molecule has 0 aliphatic heterocycles. The second-order valence-corrected chi connectivity index (χ2v) is 5.41. The molecule has 21 heavy (non-hydrogen) atoms. The summed E-state index contributed by atoms with van der Waals surface area (Å²) in [4.78, 5) is 11.7. The Bertz CT molecular complexity index is 420. The van der Waals surface area contributed by atoms with Gasteiger partial charge in [0, 0.05) is 13.2 Å². The highest BCUT2D eigenvalue weighted by Crippen LogP contribution is 2.23. The Hall–Kier alpha value is -1.26. The summed E-state index contributed by atoms with van der Waals surface area (Å²) in [7, 11) is 0. The van der Waals surface area contributed by atoms with E-state index in [0.717, 1.165) is 19.3 Å². The van der Waals surface area contributed by atoms with Crippen molar-refractivity contribution in [3.63, 3.8) is 0 Å². The Morgan fingerprint density at radius 3 is 2.81 bits per heavy atom. The maximum atomic E-state index is 11.7. The molecule has 0 aromatic heterocycles. The number of rotatable bonds is 10. The van der Waals surface area contributed by atoms with Crippen molar-refractivity contribution >= 4 is 17.5 Å². The molecule has 0 aliphatic rings. The molecule has 1 atom stereocenters. The Morgan fingerprint density at radius 2 is 2.14 bits per heavy atom. The first-order valence-electron chi connectivity index (χ1n) is 7.42. The first-order valence-corrected chi connectivity index (χ1v) is 7.80. The van der Waals surface area contributed by atoms with Crippen LogP contribution in [0.1, 0.15) is 32.6 Å². The van der Waals surface area contributed by atoms with Crippen molar-refractivity contribution in [1.82, 2.24) is 5.32 Å². The molecule has 1 aromatic carbocycles. The number of carbonyl (C=O) groups excluding carboxylic acids is 1. The molecule has 0 saturated carbocycles. The number of nitrogens with one attached hydrogen (secondary N) is 1. The van der Waals surface area contributed by atoms with Gasteiger partial charge in [-0.1, -0.05) is 37.1 Å². The molecule has 4 nitrogen and oxygen atoms in total. The Labute approximate surface area is 131 Å². The maximum absolute atomic E-state index is 11.7. The van der Waals surface area contributed by atoms with E-state index >= 15 is 0 Å². The number of amides is 1. The number of para-hydroxylation sites is 1. The van der Waals surface area contributed by atoms with Gasteiger partial charge in [0.05, 0.1) is 18.1 Å². The summed E-state index contributed by atoms with van der Waals surface area (Å²) in [6, 6.07) is 7.20. The lowest BCUT2D eigenvalue weighted by Crippen LogP contribution is -2.30. The van der Waals surface area contributed by atoms with E-state index in [4.69, 9.17) is 21.4 Å². The molecule has 0 aliphatic carbocycles. The number of aliphatic hydroxyl groups excluding tert-OH is 1. The largest absolute Gasteiger partial charge is 0.491 e. The van der Waals surface area contributed by atoms with E-state index in [0.29, 0.717) is 36.3 Å². The van der Waals surface area contributed by atoms with Gasteiger partial charge in [-0.3, -0.25) is 4.79 Å². The number of hydrogen-bond acceptors (Lipinski definition) is 3. The standard InChI is InChI=1S/C16H24ClNO3/c1-2-5-13(8-10-19)12-18-16(20)9-11-21-15-7-4-3-6-14(15)17/h3-4,6-7,13,19H,2,5,8-12H2,1H3,(H,18,20). The van der Waals surface area contributed by atoms with Crippen molar-refractivity contribution in [3.05, 3.63) is 29.3 Å². The average molecular weight is 314 g/mol. The van der Waals surface area contributed by atoms with Gasteiger partial charge in [-0.2, -0.15) is 0 Å². The topological polar surface area (TPSA) is 58.6 Å². The van der Waals surface area contributed by atoms with E-state index < -0.39 is 0 Å². The lowest BCUT2D eigenvalue weighted by atomic mass is 10.0. The molecule has 0 spiro atoms. The van der Waals surface area contributed by atoms with Crippen LogP contribution < -0.4 is 10.1 Å². The molecule has 0 heterocycles. The summed E-state index contributed by atoms with van der Waals surface area (Å²) in [5.41, 5.74) is 0. The van der Waals surface area contributed by atoms with Crippen LogP contribution in [0.3, 0.4) is 0 Å².